The largest absolute Gasteiger partial charge is 0.340 e. The number of aromatic nitrogens is 6. The average Bonchev–Trinajstić information content (AvgIpc) is 3.77. The van der Waals surface area contributed by atoms with Gasteiger partial charge in [0.15, 0.2) is 18.9 Å². The Hall–Kier alpha value is -4.92. The molecule has 3 heterocycles. The van der Waals surface area contributed by atoms with E-state index in [4.69, 9.17) is 0 Å². The first kappa shape index (κ1) is 30.6. The lowest BCUT2D eigenvalue weighted by molar-refractivity contribution is 0.110. The minimum atomic E-state index is 0.507. The van der Waals surface area contributed by atoms with Crippen LogP contribution < -0.4 is 0 Å². The zero-order valence-electron chi connectivity index (χ0n) is 23.7. The third-order valence-electron chi connectivity index (χ3n) is 6.21. The fourth-order valence-electron chi connectivity index (χ4n) is 4.10. The van der Waals surface area contributed by atoms with Crippen LogP contribution in [0.1, 0.15) is 80.8 Å². The van der Waals surface area contributed by atoms with Crippen molar-refractivity contribution in [2.45, 2.75) is 53.1 Å². The first-order chi connectivity index (χ1) is 20.0. The molecule has 5 aromatic rings. The van der Waals surface area contributed by atoms with Crippen molar-refractivity contribution in [3.05, 3.63) is 125 Å². The molecule has 0 fully saturated rings. The van der Waals surface area contributed by atoms with E-state index < -0.39 is 0 Å². The first-order valence-electron chi connectivity index (χ1n) is 13.6. The van der Waals surface area contributed by atoms with E-state index >= 15 is 0 Å². The third kappa shape index (κ3) is 9.06. The van der Waals surface area contributed by atoms with Gasteiger partial charge in [0.05, 0.1) is 18.1 Å². The molecule has 3 aromatic heterocycles. The summed E-state index contributed by atoms with van der Waals surface area (Å²) in [5.74, 6) is 2.76. The van der Waals surface area contributed by atoms with Gasteiger partial charge in [0.1, 0.15) is 28.9 Å². The van der Waals surface area contributed by atoms with Crippen LogP contribution in [0.25, 0.3) is 0 Å². The molecule has 0 atom stereocenters. The average molecular weight is 553 g/mol. The Morgan fingerprint density at radius 2 is 1.34 bits per heavy atom. The Labute approximate surface area is 240 Å². The van der Waals surface area contributed by atoms with Gasteiger partial charge in [-0.2, -0.15) is 0 Å². The number of carbonyl (C=O) groups is 3. The van der Waals surface area contributed by atoms with Crippen molar-refractivity contribution in [1.29, 1.82) is 0 Å². The molecule has 5 rings (SSSR count). The molecule has 9 nitrogen and oxygen atoms in total. The summed E-state index contributed by atoms with van der Waals surface area (Å²) < 4.78 is 3.99. The van der Waals surface area contributed by atoms with Gasteiger partial charge in [-0.1, -0.05) is 81.4 Å². The van der Waals surface area contributed by atoms with E-state index in [1.54, 1.807) is 12.4 Å². The summed E-state index contributed by atoms with van der Waals surface area (Å²) in [6.45, 7) is 7.53. The van der Waals surface area contributed by atoms with Crippen LogP contribution in [0.4, 0.5) is 0 Å². The van der Waals surface area contributed by atoms with E-state index in [0.29, 0.717) is 23.6 Å². The topological polar surface area (TPSA) is 116 Å². The summed E-state index contributed by atoms with van der Waals surface area (Å²) in [6.07, 6.45) is 9.89. The van der Waals surface area contributed by atoms with Crippen molar-refractivity contribution >= 4 is 18.9 Å². The number of hydrogen-bond donors (Lipinski definition) is 1. The number of nitrogens with one attached hydrogen (secondary N) is 1. The van der Waals surface area contributed by atoms with Gasteiger partial charge in [-0.05, 0) is 11.1 Å². The molecule has 0 amide bonds. The molecule has 41 heavy (non-hydrogen) atoms. The number of aldehydes is 3. The lowest BCUT2D eigenvalue weighted by Gasteiger charge is -2.08. The minimum absolute atomic E-state index is 0.507. The van der Waals surface area contributed by atoms with Gasteiger partial charge in [-0.15, -0.1) is 0 Å². The number of H-pyrrole nitrogens is 1. The van der Waals surface area contributed by atoms with Gasteiger partial charge in [0.25, 0.3) is 0 Å². The number of nitrogens with zero attached hydrogens (tertiary/aromatic N) is 5. The Morgan fingerprint density at radius 3 is 1.83 bits per heavy atom. The van der Waals surface area contributed by atoms with Crippen LogP contribution in [0.3, 0.4) is 0 Å². The first-order valence-corrected chi connectivity index (χ1v) is 13.6. The molecule has 2 aromatic carbocycles. The second-order valence-corrected chi connectivity index (χ2v) is 9.07. The normalized spacial score (nSPS) is 10.1. The Kier molecular flexibility index (Phi) is 12.1. The van der Waals surface area contributed by atoms with Gasteiger partial charge >= 0.3 is 0 Å². The number of hydrogen-bond acceptors (Lipinski definition) is 6. The van der Waals surface area contributed by atoms with Crippen molar-refractivity contribution in [3.63, 3.8) is 0 Å². The van der Waals surface area contributed by atoms with Crippen molar-refractivity contribution < 1.29 is 14.4 Å². The predicted molar refractivity (Wildman–Crippen MR) is 158 cm³/mol. The van der Waals surface area contributed by atoms with Crippen LogP contribution in [0.2, 0.25) is 0 Å². The Bertz CT molecular complexity index is 1500. The van der Waals surface area contributed by atoms with Gasteiger partial charge in [-0.3, -0.25) is 14.4 Å². The van der Waals surface area contributed by atoms with E-state index in [-0.39, 0.29) is 0 Å². The monoisotopic (exact) mass is 552 g/mol. The maximum Gasteiger partial charge on any atom is 0.170 e. The van der Waals surface area contributed by atoms with Crippen molar-refractivity contribution in [3.8, 4) is 0 Å². The van der Waals surface area contributed by atoms with Crippen LogP contribution in [0.15, 0.2) is 79.3 Å². The number of benzene rings is 2. The fraction of sp³-hybridized carbons (Fsp3) is 0.250. The molecule has 1 N–H and O–H groups in total. The molecule has 0 unspecified atom stereocenters. The number of imidazole rings is 3. The molecular formula is C32H36N6O3. The zero-order chi connectivity index (χ0) is 29.5. The van der Waals surface area contributed by atoms with E-state index in [0.717, 1.165) is 62.1 Å². The van der Waals surface area contributed by atoms with Gasteiger partial charge in [0.2, 0.25) is 0 Å². The van der Waals surface area contributed by atoms with Crippen molar-refractivity contribution in [2.75, 3.05) is 0 Å². The molecule has 0 aliphatic heterocycles. The maximum atomic E-state index is 10.9. The lowest BCUT2D eigenvalue weighted by atomic mass is 10.2. The van der Waals surface area contributed by atoms with Crippen LogP contribution >= 0.6 is 0 Å². The lowest BCUT2D eigenvalue weighted by Crippen LogP contribution is -2.07. The van der Waals surface area contributed by atoms with Crippen LogP contribution in [-0.4, -0.2) is 47.9 Å². The smallest absolute Gasteiger partial charge is 0.170 e. The summed E-state index contributed by atoms with van der Waals surface area (Å²) in [7, 11) is 0. The highest BCUT2D eigenvalue weighted by molar-refractivity contribution is 5.72. The number of rotatable bonds is 10. The van der Waals surface area contributed by atoms with E-state index in [1.807, 2.05) is 78.4 Å². The van der Waals surface area contributed by atoms with Crippen LogP contribution in [0, 0.1) is 0 Å². The van der Waals surface area contributed by atoms with E-state index in [2.05, 4.69) is 32.1 Å². The molecule has 9 heteroatoms. The highest BCUT2D eigenvalue weighted by atomic mass is 16.1. The molecule has 0 saturated carbocycles. The molecule has 0 aliphatic carbocycles. The van der Waals surface area contributed by atoms with E-state index in [1.165, 1.54) is 17.3 Å². The highest BCUT2D eigenvalue weighted by Crippen LogP contribution is 2.10. The molecule has 0 aliphatic rings. The molecular weight excluding hydrogens is 516 g/mol. The summed E-state index contributed by atoms with van der Waals surface area (Å²) in [5, 5.41) is 0. The van der Waals surface area contributed by atoms with Crippen LogP contribution in [-0.2, 0) is 32.4 Å². The second-order valence-electron chi connectivity index (χ2n) is 9.07. The van der Waals surface area contributed by atoms with Crippen molar-refractivity contribution in [1.82, 2.24) is 29.1 Å². The molecule has 0 bridgehead atoms. The zero-order valence-corrected chi connectivity index (χ0v) is 23.7. The Balaban J connectivity index is 0.000000176. The molecule has 212 valence electrons. The summed E-state index contributed by atoms with van der Waals surface area (Å²) >= 11 is 0. The summed E-state index contributed by atoms with van der Waals surface area (Å²) in [6, 6.07) is 20.2. The number of carbonyl (C=O) groups excluding carboxylic acids is 3. The molecule has 0 saturated heterocycles. The maximum absolute atomic E-state index is 10.9. The van der Waals surface area contributed by atoms with Gasteiger partial charge < -0.3 is 14.1 Å². The third-order valence-corrected chi connectivity index (χ3v) is 6.21. The van der Waals surface area contributed by atoms with Crippen LogP contribution in [0.5, 0.6) is 0 Å². The SMILES string of the molecule is CCc1nc(C=O)cn1Cc1ccccc1.CCc1ncc(C=O)[nH]1.CCc1ncc(C=O)n1Cc1ccccc1. The van der Waals surface area contributed by atoms with E-state index in [9.17, 15) is 14.4 Å². The van der Waals surface area contributed by atoms with Gasteiger partial charge in [0, 0.05) is 38.5 Å². The quantitative estimate of drug-likeness (QED) is 0.232. The standard InChI is InChI=1S/2C13H14N2O.C6H8N2O/c1-2-13-14-8-12(10-16)15(13)9-11-6-4-3-5-7-11;1-2-13-14-12(10-16)9-15(13)8-11-6-4-3-5-7-11;1-2-6-7-3-5(4-9)8-6/h3-8,10H,2,9H2,1H3;3-7,9-10H,2,8H2,1H3;3-4H,2H2,1H3,(H,7,8). The molecule has 0 radical (unpaired) electrons. The summed E-state index contributed by atoms with van der Waals surface area (Å²) in [5.41, 5.74) is 4.09. The molecule has 0 spiro atoms. The number of aromatic amines is 1. The van der Waals surface area contributed by atoms with Gasteiger partial charge in [-0.25, -0.2) is 15.0 Å². The highest BCUT2D eigenvalue weighted by Gasteiger charge is 2.08. The minimum Gasteiger partial charge on any atom is -0.340 e. The summed E-state index contributed by atoms with van der Waals surface area (Å²) in [4.78, 5) is 46.8. The fourth-order valence-corrected chi connectivity index (χ4v) is 4.10. The number of aryl methyl sites for hydroxylation is 3. The second kappa shape index (κ2) is 16.2. The Morgan fingerprint density at radius 1 is 0.707 bits per heavy atom. The predicted octanol–water partition coefficient (Wildman–Crippen LogP) is 5.40. The van der Waals surface area contributed by atoms with Crippen molar-refractivity contribution in [2.24, 2.45) is 0 Å².